The number of aliphatic hydroxyl groups excluding tert-OH is 1. The molecule has 0 heterocycles. The van der Waals surface area contributed by atoms with Gasteiger partial charge >= 0.3 is 0 Å². The van der Waals surface area contributed by atoms with Crippen molar-refractivity contribution in [1.82, 2.24) is 0 Å². The molecule has 0 aliphatic heterocycles. The third-order valence-electron chi connectivity index (χ3n) is 0.566. The standard InChI is InChI=1S/C6H9NO.C2H6/c1-3-7-4-6(2)5-8;1-2/h3-4,8H,1-2,5H2;1-2H3. The molecule has 58 valence electrons. The lowest BCUT2D eigenvalue weighted by Gasteiger charge is -1.85. The summed E-state index contributed by atoms with van der Waals surface area (Å²) in [4.78, 5) is 3.62. The molecule has 0 bridgehead atoms. The zero-order chi connectivity index (χ0) is 8.41. The van der Waals surface area contributed by atoms with Crippen molar-refractivity contribution >= 4 is 6.21 Å². The second-order valence-corrected chi connectivity index (χ2v) is 1.28. The highest BCUT2D eigenvalue weighted by Gasteiger charge is 1.78. The van der Waals surface area contributed by atoms with Gasteiger partial charge in [0.1, 0.15) is 0 Å². The van der Waals surface area contributed by atoms with Crippen molar-refractivity contribution in [2.24, 2.45) is 4.99 Å². The highest BCUT2D eigenvalue weighted by Crippen LogP contribution is 1.80. The van der Waals surface area contributed by atoms with E-state index in [1.54, 1.807) is 0 Å². The van der Waals surface area contributed by atoms with E-state index in [1.807, 2.05) is 13.8 Å². The topological polar surface area (TPSA) is 32.6 Å². The summed E-state index contributed by atoms with van der Waals surface area (Å²) >= 11 is 0. The van der Waals surface area contributed by atoms with Crippen molar-refractivity contribution in [2.45, 2.75) is 13.8 Å². The Balaban J connectivity index is 0. The number of aliphatic hydroxyl groups is 1. The summed E-state index contributed by atoms with van der Waals surface area (Å²) < 4.78 is 0. The second-order valence-electron chi connectivity index (χ2n) is 1.28. The fourth-order valence-electron chi connectivity index (χ4n) is 0.199. The van der Waals surface area contributed by atoms with Gasteiger partial charge in [0.05, 0.1) is 6.61 Å². The van der Waals surface area contributed by atoms with Crippen LogP contribution in [0.5, 0.6) is 0 Å². The molecule has 0 saturated carbocycles. The van der Waals surface area contributed by atoms with Crippen LogP contribution in [0.4, 0.5) is 0 Å². The van der Waals surface area contributed by atoms with E-state index in [-0.39, 0.29) is 6.61 Å². The van der Waals surface area contributed by atoms with Gasteiger partial charge in [0.15, 0.2) is 0 Å². The Morgan fingerprint density at radius 1 is 1.60 bits per heavy atom. The average molecular weight is 141 g/mol. The minimum Gasteiger partial charge on any atom is -0.392 e. The molecule has 0 aliphatic rings. The van der Waals surface area contributed by atoms with Crippen LogP contribution in [0.15, 0.2) is 29.9 Å². The maximum absolute atomic E-state index is 8.34. The molecule has 2 nitrogen and oxygen atoms in total. The fraction of sp³-hybridized carbons (Fsp3) is 0.375. The number of hydrogen-bond donors (Lipinski definition) is 1. The first-order chi connectivity index (χ1) is 4.81. The van der Waals surface area contributed by atoms with E-state index >= 15 is 0 Å². The van der Waals surface area contributed by atoms with Crippen LogP contribution < -0.4 is 0 Å². The predicted molar refractivity (Wildman–Crippen MR) is 46.3 cm³/mol. The van der Waals surface area contributed by atoms with E-state index in [9.17, 15) is 0 Å². The van der Waals surface area contributed by atoms with E-state index in [0.29, 0.717) is 5.57 Å². The summed E-state index contributed by atoms with van der Waals surface area (Å²) in [5, 5.41) is 8.34. The van der Waals surface area contributed by atoms with Crippen LogP contribution in [0.3, 0.4) is 0 Å². The van der Waals surface area contributed by atoms with Crippen LogP contribution in [0.1, 0.15) is 13.8 Å². The molecule has 0 unspecified atom stereocenters. The monoisotopic (exact) mass is 141 g/mol. The third kappa shape index (κ3) is 10.2. The quantitative estimate of drug-likeness (QED) is 0.597. The molecule has 0 aromatic heterocycles. The van der Waals surface area contributed by atoms with E-state index in [4.69, 9.17) is 5.11 Å². The highest BCUT2D eigenvalue weighted by molar-refractivity contribution is 5.78. The van der Waals surface area contributed by atoms with E-state index in [1.165, 1.54) is 12.4 Å². The van der Waals surface area contributed by atoms with Crippen molar-refractivity contribution in [2.75, 3.05) is 6.61 Å². The molecule has 1 N–H and O–H groups in total. The normalized spacial score (nSPS) is 8.30. The van der Waals surface area contributed by atoms with Crippen LogP contribution >= 0.6 is 0 Å². The summed E-state index contributed by atoms with van der Waals surface area (Å²) in [6, 6.07) is 0. The molecule has 0 rings (SSSR count). The van der Waals surface area contributed by atoms with Crippen LogP contribution in [0, 0.1) is 0 Å². The highest BCUT2D eigenvalue weighted by atomic mass is 16.3. The number of aliphatic imine (C=N–C) groups is 1. The minimum atomic E-state index is -0.0443. The zero-order valence-corrected chi connectivity index (χ0v) is 6.67. The number of hydrogen-bond acceptors (Lipinski definition) is 2. The lowest BCUT2D eigenvalue weighted by atomic mass is 10.4. The van der Waals surface area contributed by atoms with Gasteiger partial charge in [-0.05, 0) is 5.57 Å². The smallest absolute Gasteiger partial charge is 0.0691 e. The van der Waals surface area contributed by atoms with Crippen LogP contribution in [0.2, 0.25) is 0 Å². The molecule has 0 aliphatic carbocycles. The van der Waals surface area contributed by atoms with E-state index in [2.05, 4.69) is 18.2 Å². The van der Waals surface area contributed by atoms with Gasteiger partial charge < -0.3 is 5.11 Å². The minimum absolute atomic E-state index is 0.0443. The van der Waals surface area contributed by atoms with Gasteiger partial charge in [-0.15, -0.1) is 0 Å². The molecule has 0 radical (unpaired) electrons. The first-order valence-corrected chi connectivity index (χ1v) is 3.24. The number of nitrogens with zero attached hydrogens (tertiary/aromatic N) is 1. The zero-order valence-electron chi connectivity index (χ0n) is 6.67. The summed E-state index contributed by atoms with van der Waals surface area (Å²) in [7, 11) is 0. The largest absolute Gasteiger partial charge is 0.392 e. The lowest BCUT2D eigenvalue weighted by molar-refractivity contribution is 0.338. The fourth-order valence-corrected chi connectivity index (χ4v) is 0.199. The van der Waals surface area contributed by atoms with Crippen molar-refractivity contribution in [3.8, 4) is 0 Å². The SMILES string of the molecule is C=CN=CC(=C)CO.CC. The maximum Gasteiger partial charge on any atom is 0.0691 e. The summed E-state index contributed by atoms with van der Waals surface area (Å²) in [6.07, 6.45) is 2.86. The Labute approximate surface area is 62.6 Å². The molecular weight excluding hydrogens is 126 g/mol. The molecule has 0 fully saturated rings. The Morgan fingerprint density at radius 2 is 2.10 bits per heavy atom. The Morgan fingerprint density at radius 3 is 2.40 bits per heavy atom. The number of rotatable bonds is 3. The van der Waals surface area contributed by atoms with E-state index in [0.717, 1.165) is 0 Å². The van der Waals surface area contributed by atoms with Crippen LogP contribution in [-0.4, -0.2) is 17.9 Å². The molecule has 0 aromatic rings. The molecular formula is C8H15NO. The van der Waals surface area contributed by atoms with Gasteiger partial charge in [-0.3, -0.25) is 4.99 Å². The third-order valence-corrected chi connectivity index (χ3v) is 0.566. The predicted octanol–water partition coefficient (Wildman–Crippen LogP) is 1.78. The summed E-state index contributed by atoms with van der Waals surface area (Å²) in [6.45, 7) is 10.8. The van der Waals surface area contributed by atoms with Crippen molar-refractivity contribution in [1.29, 1.82) is 0 Å². The molecule has 2 heteroatoms. The Hall–Kier alpha value is -0.890. The molecule has 0 aromatic carbocycles. The molecule has 0 atom stereocenters. The van der Waals surface area contributed by atoms with Gasteiger partial charge in [-0.1, -0.05) is 27.0 Å². The molecule has 10 heavy (non-hydrogen) atoms. The van der Waals surface area contributed by atoms with Gasteiger partial charge in [0.2, 0.25) is 0 Å². The Kier molecular flexibility index (Phi) is 13.0. The van der Waals surface area contributed by atoms with Gasteiger partial charge in [-0.25, -0.2) is 0 Å². The second kappa shape index (κ2) is 11.0. The van der Waals surface area contributed by atoms with Gasteiger partial charge in [-0.2, -0.15) is 0 Å². The van der Waals surface area contributed by atoms with Crippen molar-refractivity contribution < 1.29 is 5.11 Å². The average Bonchev–Trinajstić information content (AvgIpc) is 2.04. The summed E-state index contributed by atoms with van der Waals surface area (Å²) in [5.74, 6) is 0. The maximum atomic E-state index is 8.34. The molecule has 0 spiro atoms. The van der Waals surface area contributed by atoms with Crippen molar-refractivity contribution in [3.05, 3.63) is 24.9 Å². The summed E-state index contributed by atoms with van der Waals surface area (Å²) in [5.41, 5.74) is 0.588. The van der Waals surface area contributed by atoms with Crippen molar-refractivity contribution in [3.63, 3.8) is 0 Å². The van der Waals surface area contributed by atoms with Gasteiger partial charge in [0.25, 0.3) is 0 Å². The lowest BCUT2D eigenvalue weighted by Crippen LogP contribution is -1.86. The van der Waals surface area contributed by atoms with Gasteiger partial charge in [0, 0.05) is 12.4 Å². The first kappa shape index (κ1) is 11.9. The van der Waals surface area contributed by atoms with Crippen LogP contribution in [0.25, 0.3) is 0 Å². The molecule has 0 saturated heterocycles. The Bertz CT molecular complexity index is 116. The van der Waals surface area contributed by atoms with Crippen LogP contribution in [-0.2, 0) is 0 Å². The first-order valence-electron chi connectivity index (χ1n) is 3.24. The van der Waals surface area contributed by atoms with E-state index < -0.39 is 0 Å². The molecule has 0 amide bonds.